The number of ether oxygens (including phenoxy) is 1. The van der Waals surface area contributed by atoms with Gasteiger partial charge in [-0.1, -0.05) is 76.9 Å². The largest absolute Gasteiger partial charge is 0.489 e. The van der Waals surface area contributed by atoms with Crippen LogP contribution in [0.15, 0.2) is 70.6 Å². The number of fused-ring (bicyclic) bond motifs is 1. The third kappa shape index (κ3) is 4.91. The van der Waals surface area contributed by atoms with E-state index in [0.717, 1.165) is 5.56 Å². The zero-order chi connectivity index (χ0) is 22.8. The van der Waals surface area contributed by atoms with Crippen LogP contribution in [0.2, 0.25) is 15.1 Å². The van der Waals surface area contributed by atoms with Gasteiger partial charge in [0.05, 0.1) is 32.7 Å². The molecule has 0 spiro atoms. The van der Waals surface area contributed by atoms with Crippen LogP contribution in [0.5, 0.6) is 5.75 Å². The molecule has 164 valence electrons. The Labute approximate surface area is 205 Å². The Kier molecular flexibility index (Phi) is 7.01. The van der Waals surface area contributed by atoms with Crippen molar-refractivity contribution in [2.45, 2.75) is 30.9 Å². The number of hydrogen-bond donors (Lipinski definition) is 0. The molecule has 0 bridgehead atoms. The minimum Gasteiger partial charge on any atom is -0.489 e. The lowest BCUT2D eigenvalue weighted by Crippen LogP contribution is -2.22. The Bertz CT molecular complexity index is 1340. The average Bonchev–Trinajstić information content (AvgIpc) is 2.75. The van der Waals surface area contributed by atoms with Crippen molar-refractivity contribution >= 4 is 57.5 Å². The monoisotopic (exact) mass is 504 g/mol. The lowest BCUT2D eigenvalue weighted by Gasteiger charge is -2.18. The molecule has 0 aliphatic heterocycles. The van der Waals surface area contributed by atoms with E-state index in [1.807, 2.05) is 44.2 Å². The van der Waals surface area contributed by atoms with Crippen molar-refractivity contribution in [3.8, 4) is 11.4 Å². The SMILES string of the molecule is CC(C)Oc1cc(-n2c(SCc3ccccc3)nc3cc(Cl)ccc3c2=O)c(Cl)cc1Cl. The van der Waals surface area contributed by atoms with Crippen molar-refractivity contribution in [3.05, 3.63) is 91.6 Å². The van der Waals surface area contributed by atoms with Crippen LogP contribution in [0, 0.1) is 0 Å². The van der Waals surface area contributed by atoms with E-state index in [4.69, 9.17) is 44.5 Å². The van der Waals surface area contributed by atoms with Crippen molar-refractivity contribution in [1.82, 2.24) is 9.55 Å². The summed E-state index contributed by atoms with van der Waals surface area (Å²) >= 11 is 20.5. The van der Waals surface area contributed by atoms with Crippen molar-refractivity contribution in [2.24, 2.45) is 0 Å². The highest BCUT2D eigenvalue weighted by Crippen LogP contribution is 2.35. The van der Waals surface area contributed by atoms with Gasteiger partial charge in [-0.05, 0) is 43.7 Å². The smallest absolute Gasteiger partial charge is 0.266 e. The van der Waals surface area contributed by atoms with Gasteiger partial charge < -0.3 is 4.74 Å². The third-order valence-electron chi connectivity index (χ3n) is 4.62. The zero-order valence-corrected chi connectivity index (χ0v) is 20.4. The molecule has 4 nitrogen and oxygen atoms in total. The summed E-state index contributed by atoms with van der Waals surface area (Å²) in [6.45, 7) is 3.80. The lowest BCUT2D eigenvalue weighted by molar-refractivity contribution is 0.242. The van der Waals surface area contributed by atoms with Gasteiger partial charge in [-0.15, -0.1) is 0 Å². The Morgan fingerprint density at radius 1 is 1.00 bits per heavy atom. The summed E-state index contributed by atoms with van der Waals surface area (Å²) in [5.41, 5.74) is 1.84. The van der Waals surface area contributed by atoms with Crippen LogP contribution in [0.25, 0.3) is 16.6 Å². The Morgan fingerprint density at radius 3 is 2.47 bits per heavy atom. The fourth-order valence-electron chi connectivity index (χ4n) is 3.20. The summed E-state index contributed by atoms with van der Waals surface area (Å²) in [6.07, 6.45) is -0.0953. The highest BCUT2D eigenvalue weighted by molar-refractivity contribution is 7.98. The molecule has 0 unspecified atom stereocenters. The van der Waals surface area contributed by atoms with Gasteiger partial charge in [0, 0.05) is 16.8 Å². The predicted molar refractivity (Wildman–Crippen MR) is 134 cm³/mol. The molecule has 3 aromatic carbocycles. The maximum Gasteiger partial charge on any atom is 0.266 e. The molecule has 32 heavy (non-hydrogen) atoms. The van der Waals surface area contributed by atoms with Gasteiger partial charge >= 0.3 is 0 Å². The summed E-state index contributed by atoms with van der Waals surface area (Å²) < 4.78 is 7.33. The molecule has 0 amide bonds. The van der Waals surface area contributed by atoms with Crippen LogP contribution >= 0.6 is 46.6 Å². The highest BCUT2D eigenvalue weighted by atomic mass is 35.5. The molecule has 0 aliphatic rings. The van der Waals surface area contributed by atoms with Gasteiger partial charge in [-0.2, -0.15) is 0 Å². The number of halogens is 3. The van der Waals surface area contributed by atoms with Crippen LogP contribution in [0.3, 0.4) is 0 Å². The Balaban J connectivity index is 1.92. The maximum atomic E-state index is 13.6. The molecule has 1 aromatic heterocycles. The summed E-state index contributed by atoms with van der Waals surface area (Å²) in [5.74, 6) is 1.07. The maximum absolute atomic E-state index is 13.6. The minimum absolute atomic E-state index is 0.0953. The van der Waals surface area contributed by atoms with Crippen LogP contribution < -0.4 is 10.3 Å². The van der Waals surface area contributed by atoms with Crippen molar-refractivity contribution in [3.63, 3.8) is 0 Å². The summed E-state index contributed by atoms with van der Waals surface area (Å²) in [7, 11) is 0. The zero-order valence-electron chi connectivity index (χ0n) is 17.3. The number of hydrogen-bond acceptors (Lipinski definition) is 4. The Hall–Kier alpha value is -2.18. The van der Waals surface area contributed by atoms with Gasteiger partial charge in [-0.25, -0.2) is 4.98 Å². The average molecular weight is 506 g/mol. The summed E-state index contributed by atoms with van der Waals surface area (Å²) in [4.78, 5) is 18.3. The van der Waals surface area contributed by atoms with Gasteiger partial charge in [0.15, 0.2) is 5.16 Å². The number of benzene rings is 3. The molecule has 0 N–H and O–H groups in total. The molecule has 4 aromatic rings. The molecule has 8 heteroatoms. The quantitative estimate of drug-likeness (QED) is 0.202. The molecular formula is C24H19Cl3N2O2S. The second kappa shape index (κ2) is 9.75. The Morgan fingerprint density at radius 2 is 1.75 bits per heavy atom. The van der Waals surface area contributed by atoms with Crippen LogP contribution in [0.4, 0.5) is 0 Å². The van der Waals surface area contributed by atoms with E-state index in [-0.39, 0.29) is 11.7 Å². The second-order valence-electron chi connectivity index (χ2n) is 7.37. The van der Waals surface area contributed by atoms with Crippen molar-refractivity contribution in [2.75, 3.05) is 0 Å². The van der Waals surface area contributed by atoms with Crippen LogP contribution in [-0.4, -0.2) is 15.7 Å². The summed E-state index contributed by atoms with van der Waals surface area (Å²) in [5, 5.41) is 2.15. The first-order valence-electron chi connectivity index (χ1n) is 9.88. The normalized spacial score (nSPS) is 11.3. The van der Waals surface area contributed by atoms with E-state index in [9.17, 15) is 4.79 Å². The molecule has 0 fully saturated rings. The highest BCUT2D eigenvalue weighted by Gasteiger charge is 2.19. The number of thioether (sulfide) groups is 1. The van der Waals surface area contributed by atoms with Gasteiger partial charge in [0.25, 0.3) is 5.56 Å². The fraction of sp³-hybridized carbons (Fsp3) is 0.167. The van der Waals surface area contributed by atoms with Crippen molar-refractivity contribution < 1.29 is 4.74 Å². The van der Waals surface area contributed by atoms with Crippen LogP contribution in [-0.2, 0) is 5.75 Å². The first-order chi connectivity index (χ1) is 15.3. The number of rotatable bonds is 6. The standard InChI is InChI=1S/C24H19Cl3N2O2S/c1-14(2)31-22-12-21(18(26)11-19(22)27)29-23(30)17-9-8-16(25)10-20(17)28-24(29)32-13-15-6-4-3-5-7-15/h3-12,14H,13H2,1-2H3. The molecule has 0 atom stereocenters. The van der Waals surface area contributed by atoms with Crippen LogP contribution in [0.1, 0.15) is 19.4 Å². The third-order valence-corrected chi connectivity index (χ3v) is 6.46. The molecular weight excluding hydrogens is 487 g/mol. The first-order valence-corrected chi connectivity index (χ1v) is 12.0. The van der Waals surface area contributed by atoms with E-state index in [1.165, 1.54) is 16.3 Å². The van der Waals surface area contributed by atoms with E-state index in [0.29, 0.717) is 48.3 Å². The first kappa shape index (κ1) is 23.0. The van der Waals surface area contributed by atoms with E-state index in [2.05, 4.69) is 0 Å². The van der Waals surface area contributed by atoms with Crippen molar-refractivity contribution in [1.29, 1.82) is 0 Å². The van der Waals surface area contributed by atoms with Gasteiger partial charge in [-0.3, -0.25) is 9.36 Å². The lowest BCUT2D eigenvalue weighted by atomic mass is 10.2. The number of aromatic nitrogens is 2. The van der Waals surface area contributed by atoms with E-state index < -0.39 is 0 Å². The fourth-order valence-corrected chi connectivity index (χ4v) is 4.84. The minimum atomic E-state index is -0.248. The second-order valence-corrected chi connectivity index (χ2v) is 9.56. The molecule has 0 saturated heterocycles. The van der Waals surface area contributed by atoms with E-state index >= 15 is 0 Å². The predicted octanol–water partition coefficient (Wildman–Crippen LogP) is 7.43. The summed E-state index contributed by atoms with van der Waals surface area (Å²) in [6, 6.07) is 18.3. The molecule has 1 heterocycles. The van der Waals surface area contributed by atoms with E-state index in [1.54, 1.807) is 30.3 Å². The molecule has 4 rings (SSSR count). The molecule has 0 aliphatic carbocycles. The molecule has 0 saturated carbocycles. The van der Waals surface area contributed by atoms with Gasteiger partial charge in [0.2, 0.25) is 0 Å². The molecule has 0 radical (unpaired) electrons. The topological polar surface area (TPSA) is 44.1 Å². The van der Waals surface area contributed by atoms with Gasteiger partial charge in [0.1, 0.15) is 5.75 Å². The number of nitrogens with zero attached hydrogens (tertiary/aromatic N) is 2.